The number of hydrogen-bond donors (Lipinski definition) is 2. The smallest absolute Gasteiger partial charge is 0.277 e. The number of nitrogens with one attached hydrogen (secondary N) is 1. The Labute approximate surface area is 91.0 Å². The van der Waals surface area contributed by atoms with Crippen molar-refractivity contribution in [1.29, 1.82) is 0 Å². The van der Waals surface area contributed by atoms with Crippen LogP contribution in [-0.4, -0.2) is 17.0 Å². The Balaban J connectivity index is 2.33. The summed E-state index contributed by atoms with van der Waals surface area (Å²) in [5.74, 6) is -0.424. The zero-order valence-corrected chi connectivity index (χ0v) is 8.21. The molecule has 0 unspecified atom stereocenters. The van der Waals surface area contributed by atoms with Crippen molar-refractivity contribution in [2.45, 2.75) is 0 Å². The van der Waals surface area contributed by atoms with E-state index in [1.54, 1.807) is 18.2 Å². The third-order valence-corrected chi connectivity index (χ3v) is 1.86. The zero-order valence-electron chi connectivity index (χ0n) is 8.21. The molecule has 0 spiro atoms. The van der Waals surface area contributed by atoms with Gasteiger partial charge in [0.25, 0.3) is 5.91 Å². The number of hydrogen-bond acceptors (Lipinski definition) is 4. The van der Waals surface area contributed by atoms with E-state index in [0.29, 0.717) is 5.69 Å². The number of guanidine groups is 1. The molecule has 1 amide bonds. The number of amides is 1. The highest BCUT2D eigenvalue weighted by molar-refractivity contribution is 6.07. The van der Waals surface area contributed by atoms with Gasteiger partial charge in [0.15, 0.2) is 0 Å². The number of carbonyl (C=O) groups is 1. The number of rotatable bonds is 1. The van der Waals surface area contributed by atoms with Crippen LogP contribution in [-0.2, 0) is 4.79 Å². The number of aliphatic imine (C=N–C) groups is 1. The summed E-state index contributed by atoms with van der Waals surface area (Å²) in [6.07, 6.45) is 0. The first-order chi connectivity index (χ1) is 7.66. The number of azo groups is 1. The molecule has 16 heavy (non-hydrogen) atoms. The predicted octanol–water partition coefficient (Wildman–Crippen LogP) is 1.48. The third-order valence-electron chi connectivity index (χ3n) is 1.86. The van der Waals surface area contributed by atoms with Crippen LogP contribution in [0.15, 0.2) is 51.8 Å². The average molecular weight is 216 g/mol. The minimum Gasteiger partial charge on any atom is -0.506 e. The van der Waals surface area contributed by atoms with Crippen LogP contribution < -0.4 is 5.32 Å². The van der Waals surface area contributed by atoms with E-state index in [2.05, 4.69) is 27.1 Å². The van der Waals surface area contributed by atoms with Crippen molar-refractivity contribution in [3.8, 4) is 5.75 Å². The second-order valence-electron chi connectivity index (χ2n) is 3.02. The molecule has 0 aromatic heterocycles. The lowest BCUT2D eigenvalue weighted by atomic mass is 10.3. The maximum absolute atomic E-state index is 11.2. The number of para-hydroxylation sites is 2. The molecule has 80 valence electrons. The average Bonchev–Trinajstić information content (AvgIpc) is 2.27. The third kappa shape index (κ3) is 1.95. The summed E-state index contributed by atoms with van der Waals surface area (Å²) in [7, 11) is 0. The largest absolute Gasteiger partial charge is 0.506 e. The van der Waals surface area contributed by atoms with Gasteiger partial charge >= 0.3 is 0 Å². The van der Waals surface area contributed by atoms with Crippen LogP contribution in [0.2, 0.25) is 0 Å². The molecule has 0 aliphatic carbocycles. The minimum atomic E-state index is -0.454. The summed E-state index contributed by atoms with van der Waals surface area (Å²) in [6, 6.07) is 6.45. The van der Waals surface area contributed by atoms with Crippen LogP contribution in [0.4, 0.5) is 5.69 Å². The molecule has 1 aliphatic rings. The summed E-state index contributed by atoms with van der Waals surface area (Å²) < 4.78 is 0. The Bertz CT molecular complexity index is 519. The molecule has 2 rings (SSSR count). The highest BCUT2D eigenvalue weighted by atomic mass is 16.3. The molecular weight excluding hydrogens is 208 g/mol. The molecule has 6 heteroatoms. The van der Waals surface area contributed by atoms with Crippen molar-refractivity contribution in [3.63, 3.8) is 0 Å². The minimum absolute atomic E-state index is 0.00356. The SMILES string of the molecule is C=C1N=NC(=Nc2ccccc2O)NC1=O. The van der Waals surface area contributed by atoms with Gasteiger partial charge in [0.1, 0.15) is 17.1 Å². The van der Waals surface area contributed by atoms with Crippen molar-refractivity contribution in [3.05, 3.63) is 36.5 Å². The molecule has 0 radical (unpaired) electrons. The summed E-state index contributed by atoms with van der Waals surface area (Å²) in [5.41, 5.74) is 0.334. The van der Waals surface area contributed by atoms with Gasteiger partial charge in [-0.1, -0.05) is 18.7 Å². The van der Waals surface area contributed by atoms with Crippen molar-refractivity contribution in [2.24, 2.45) is 15.2 Å². The fourth-order valence-electron chi connectivity index (χ4n) is 1.07. The van der Waals surface area contributed by atoms with Crippen molar-refractivity contribution in [2.75, 3.05) is 0 Å². The molecule has 2 N–H and O–H groups in total. The van der Waals surface area contributed by atoms with Gasteiger partial charge in [-0.25, -0.2) is 4.99 Å². The van der Waals surface area contributed by atoms with Gasteiger partial charge in [-0.05, 0) is 12.1 Å². The van der Waals surface area contributed by atoms with Gasteiger partial charge in [-0.3, -0.25) is 10.1 Å². The quantitative estimate of drug-likeness (QED) is 0.696. The molecule has 6 nitrogen and oxygen atoms in total. The Kier molecular flexibility index (Phi) is 2.47. The highest BCUT2D eigenvalue weighted by Crippen LogP contribution is 2.25. The van der Waals surface area contributed by atoms with E-state index in [1.807, 2.05) is 0 Å². The van der Waals surface area contributed by atoms with Gasteiger partial charge in [0, 0.05) is 0 Å². The van der Waals surface area contributed by atoms with E-state index in [4.69, 9.17) is 0 Å². The fourth-order valence-corrected chi connectivity index (χ4v) is 1.07. The Morgan fingerprint density at radius 2 is 2.06 bits per heavy atom. The van der Waals surface area contributed by atoms with Gasteiger partial charge in [0.2, 0.25) is 5.96 Å². The monoisotopic (exact) mass is 216 g/mol. The Morgan fingerprint density at radius 3 is 2.75 bits per heavy atom. The van der Waals surface area contributed by atoms with Gasteiger partial charge in [-0.2, -0.15) is 0 Å². The number of carbonyl (C=O) groups excluding carboxylic acids is 1. The Hall–Kier alpha value is -2.50. The van der Waals surface area contributed by atoms with E-state index in [-0.39, 0.29) is 17.4 Å². The summed E-state index contributed by atoms with van der Waals surface area (Å²) in [6.45, 7) is 3.38. The molecule has 0 saturated heterocycles. The predicted molar refractivity (Wildman–Crippen MR) is 57.3 cm³/mol. The molecule has 1 heterocycles. The first kappa shape index (κ1) is 10.0. The second-order valence-corrected chi connectivity index (χ2v) is 3.02. The number of aromatic hydroxyl groups is 1. The Morgan fingerprint density at radius 1 is 1.31 bits per heavy atom. The summed E-state index contributed by atoms with van der Waals surface area (Å²) >= 11 is 0. The normalized spacial score (nSPS) is 17.6. The van der Waals surface area contributed by atoms with Crippen LogP contribution in [0.5, 0.6) is 5.75 Å². The topological polar surface area (TPSA) is 86.4 Å². The van der Waals surface area contributed by atoms with E-state index >= 15 is 0 Å². The molecule has 0 saturated carbocycles. The van der Waals surface area contributed by atoms with Gasteiger partial charge in [-0.15, -0.1) is 10.2 Å². The lowest BCUT2D eigenvalue weighted by Gasteiger charge is -2.07. The van der Waals surface area contributed by atoms with E-state index in [9.17, 15) is 9.90 Å². The van der Waals surface area contributed by atoms with Gasteiger partial charge in [0.05, 0.1) is 0 Å². The summed E-state index contributed by atoms with van der Waals surface area (Å²) in [5, 5.41) is 19.0. The van der Waals surface area contributed by atoms with Crippen LogP contribution in [0.3, 0.4) is 0 Å². The van der Waals surface area contributed by atoms with Crippen LogP contribution in [0, 0.1) is 0 Å². The zero-order chi connectivity index (χ0) is 11.5. The number of phenols is 1. The molecule has 1 aliphatic heterocycles. The highest BCUT2D eigenvalue weighted by Gasteiger charge is 2.15. The fraction of sp³-hybridized carbons (Fsp3) is 0. The molecule has 0 bridgehead atoms. The molecule has 0 atom stereocenters. The first-order valence-electron chi connectivity index (χ1n) is 4.45. The molecule has 0 fully saturated rings. The number of phenolic OH excluding ortho intramolecular Hbond substituents is 1. The lowest BCUT2D eigenvalue weighted by molar-refractivity contribution is -0.116. The van der Waals surface area contributed by atoms with Crippen molar-refractivity contribution >= 4 is 17.6 Å². The molecular formula is C10H8N4O2. The van der Waals surface area contributed by atoms with Crippen molar-refractivity contribution in [1.82, 2.24) is 5.32 Å². The number of nitrogens with zero attached hydrogens (tertiary/aromatic N) is 3. The maximum atomic E-state index is 11.2. The summed E-state index contributed by atoms with van der Waals surface area (Å²) in [4.78, 5) is 15.1. The van der Waals surface area contributed by atoms with E-state index < -0.39 is 5.91 Å². The van der Waals surface area contributed by atoms with E-state index in [1.165, 1.54) is 6.07 Å². The van der Waals surface area contributed by atoms with Crippen LogP contribution in [0.1, 0.15) is 0 Å². The first-order valence-corrected chi connectivity index (χ1v) is 4.45. The van der Waals surface area contributed by atoms with E-state index in [0.717, 1.165) is 0 Å². The number of benzene rings is 1. The second kappa shape index (κ2) is 3.93. The molecule has 1 aromatic carbocycles. The molecule has 1 aromatic rings. The van der Waals surface area contributed by atoms with Crippen LogP contribution >= 0.6 is 0 Å². The maximum Gasteiger partial charge on any atom is 0.277 e. The lowest BCUT2D eigenvalue weighted by Crippen LogP contribution is -2.32. The van der Waals surface area contributed by atoms with Gasteiger partial charge < -0.3 is 5.11 Å². The van der Waals surface area contributed by atoms with Crippen molar-refractivity contribution < 1.29 is 9.90 Å². The standard InChI is InChI=1S/C10H8N4O2/c1-6-9(16)12-10(14-13-6)11-7-4-2-3-5-8(7)15/h2-5,15H,1H2,(H,11,12,16). The van der Waals surface area contributed by atoms with Crippen LogP contribution in [0.25, 0.3) is 0 Å².